The van der Waals surface area contributed by atoms with Crippen molar-refractivity contribution in [2.45, 2.75) is 53.8 Å². The summed E-state index contributed by atoms with van der Waals surface area (Å²) in [5, 5.41) is 7.39. The van der Waals surface area contributed by atoms with E-state index in [-0.39, 0.29) is 11.9 Å². The Hall–Kier alpha value is -2.14. The van der Waals surface area contributed by atoms with Crippen molar-refractivity contribution in [1.29, 1.82) is 0 Å². The lowest BCUT2D eigenvalue weighted by Crippen LogP contribution is -2.24. The third kappa shape index (κ3) is 3.79. The Bertz CT molecular complexity index is 693. The molecule has 1 amide bonds. The standard InChI is InChI=1S/C18H26N4O/c1-11(2)22-10-17(14(5)21-22)18(23)20-9-16-12(3)6-15(8-19)7-13(16)4/h6-7,10-11H,8-9,19H2,1-5H3,(H,20,23). The van der Waals surface area contributed by atoms with Gasteiger partial charge in [0.1, 0.15) is 0 Å². The lowest BCUT2D eigenvalue weighted by atomic mass is 9.99. The van der Waals surface area contributed by atoms with Crippen LogP contribution in [-0.4, -0.2) is 15.7 Å². The fourth-order valence-corrected chi connectivity index (χ4v) is 2.71. The van der Waals surface area contributed by atoms with E-state index in [1.54, 1.807) is 0 Å². The first-order valence-electron chi connectivity index (χ1n) is 7.96. The van der Waals surface area contributed by atoms with Crippen LogP contribution in [0.25, 0.3) is 0 Å². The summed E-state index contributed by atoms with van der Waals surface area (Å²) >= 11 is 0. The Morgan fingerprint density at radius 1 is 1.26 bits per heavy atom. The molecule has 0 saturated heterocycles. The summed E-state index contributed by atoms with van der Waals surface area (Å²) in [5.74, 6) is -0.0869. The Balaban J connectivity index is 2.14. The molecule has 3 N–H and O–H groups in total. The van der Waals surface area contributed by atoms with Gasteiger partial charge in [-0.2, -0.15) is 5.10 Å². The number of hydrogen-bond acceptors (Lipinski definition) is 3. The van der Waals surface area contributed by atoms with E-state index >= 15 is 0 Å². The molecule has 0 bridgehead atoms. The molecule has 1 aromatic carbocycles. The number of nitrogens with one attached hydrogen (secondary N) is 1. The summed E-state index contributed by atoms with van der Waals surface area (Å²) in [6.07, 6.45) is 1.81. The zero-order valence-corrected chi connectivity index (χ0v) is 14.6. The van der Waals surface area contributed by atoms with Gasteiger partial charge >= 0.3 is 0 Å². The summed E-state index contributed by atoms with van der Waals surface area (Å²) in [6, 6.07) is 4.40. The number of nitrogens with zero attached hydrogens (tertiary/aromatic N) is 2. The van der Waals surface area contributed by atoms with Crippen LogP contribution in [0.4, 0.5) is 0 Å². The van der Waals surface area contributed by atoms with E-state index in [0.717, 1.165) is 27.9 Å². The molecule has 124 valence electrons. The predicted molar refractivity (Wildman–Crippen MR) is 92.3 cm³/mol. The zero-order chi connectivity index (χ0) is 17.1. The first kappa shape index (κ1) is 17.2. The summed E-state index contributed by atoms with van der Waals surface area (Å²) < 4.78 is 1.82. The second-order valence-electron chi connectivity index (χ2n) is 6.30. The molecular weight excluding hydrogens is 288 g/mol. The third-order valence-electron chi connectivity index (χ3n) is 4.11. The highest BCUT2D eigenvalue weighted by atomic mass is 16.1. The number of amides is 1. The summed E-state index contributed by atoms with van der Waals surface area (Å²) in [6.45, 7) is 11.1. The van der Waals surface area contributed by atoms with E-state index in [1.807, 2.05) is 31.6 Å². The van der Waals surface area contributed by atoms with Crippen molar-refractivity contribution in [2.24, 2.45) is 5.73 Å². The predicted octanol–water partition coefficient (Wildman–Crippen LogP) is 2.78. The van der Waals surface area contributed by atoms with Crippen LogP contribution in [0.2, 0.25) is 0 Å². The molecule has 5 heteroatoms. The maximum Gasteiger partial charge on any atom is 0.255 e. The van der Waals surface area contributed by atoms with Gasteiger partial charge in [-0.3, -0.25) is 9.48 Å². The molecular formula is C18H26N4O. The maximum atomic E-state index is 12.4. The van der Waals surface area contributed by atoms with Crippen molar-refractivity contribution in [3.8, 4) is 0 Å². The quantitative estimate of drug-likeness (QED) is 0.891. The van der Waals surface area contributed by atoms with Gasteiger partial charge in [-0.1, -0.05) is 12.1 Å². The van der Waals surface area contributed by atoms with Crippen LogP contribution in [-0.2, 0) is 13.1 Å². The van der Waals surface area contributed by atoms with Crippen LogP contribution < -0.4 is 11.1 Å². The molecule has 0 spiro atoms. The minimum absolute atomic E-state index is 0.0869. The van der Waals surface area contributed by atoms with Crippen LogP contribution in [0.3, 0.4) is 0 Å². The van der Waals surface area contributed by atoms with Gasteiger partial charge in [0.15, 0.2) is 0 Å². The first-order chi connectivity index (χ1) is 10.8. The minimum atomic E-state index is -0.0869. The van der Waals surface area contributed by atoms with E-state index in [1.165, 1.54) is 0 Å². The van der Waals surface area contributed by atoms with Crippen molar-refractivity contribution in [1.82, 2.24) is 15.1 Å². The van der Waals surface area contributed by atoms with E-state index in [4.69, 9.17) is 5.73 Å². The molecule has 0 atom stereocenters. The van der Waals surface area contributed by atoms with Gasteiger partial charge in [0.25, 0.3) is 5.91 Å². The first-order valence-corrected chi connectivity index (χ1v) is 7.96. The highest BCUT2D eigenvalue weighted by Crippen LogP contribution is 2.17. The number of carbonyl (C=O) groups is 1. The summed E-state index contributed by atoms with van der Waals surface area (Å²) in [5.41, 5.74) is 11.6. The molecule has 0 saturated carbocycles. The number of nitrogens with two attached hydrogens (primary N) is 1. The van der Waals surface area contributed by atoms with Crippen molar-refractivity contribution in [3.63, 3.8) is 0 Å². The molecule has 0 fully saturated rings. The fourth-order valence-electron chi connectivity index (χ4n) is 2.71. The van der Waals surface area contributed by atoms with E-state index in [2.05, 4.69) is 36.4 Å². The Morgan fingerprint density at radius 3 is 2.35 bits per heavy atom. The van der Waals surface area contributed by atoms with Crippen molar-refractivity contribution >= 4 is 5.91 Å². The highest BCUT2D eigenvalue weighted by molar-refractivity contribution is 5.95. The van der Waals surface area contributed by atoms with Gasteiger partial charge in [0.05, 0.1) is 11.3 Å². The molecule has 0 aliphatic rings. The average Bonchev–Trinajstić information content (AvgIpc) is 2.88. The van der Waals surface area contributed by atoms with Crippen LogP contribution in [0.5, 0.6) is 0 Å². The average molecular weight is 314 g/mol. The minimum Gasteiger partial charge on any atom is -0.348 e. The van der Waals surface area contributed by atoms with Gasteiger partial charge in [-0.05, 0) is 56.9 Å². The summed E-state index contributed by atoms with van der Waals surface area (Å²) in [7, 11) is 0. The number of hydrogen-bond donors (Lipinski definition) is 2. The van der Waals surface area contributed by atoms with Crippen molar-refractivity contribution in [2.75, 3.05) is 0 Å². The zero-order valence-electron chi connectivity index (χ0n) is 14.6. The van der Waals surface area contributed by atoms with Gasteiger partial charge in [0, 0.05) is 25.3 Å². The normalized spacial score (nSPS) is 11.1. The number of benzene rings is 1. The third-order valence-corrected chi connectivity index (χ3v) is 4.11. The highest BCUT2D eigenvalue weighted by Gasteiger charge is 2.15. The SMILES string of the molecule is Cc1cc(CN)cc(C)c1CNC(=O)c1cn(C(C)C)nc1C. The number of aryl methyl sites for hydroxylation is 3. The van der Waals surface area contributed by atoms with Crippen molar-refractivity contribution < 1.29 is 4.79 Å². The molecule has 1 heterocycles. The maximum absolute atomic E-state index is 12.4. The fraction of sp³-hybridized carbons (Fsp3) is 0.444. The van der Waals surface area contributed by atoms with Crippen LogP contribution >= 0.6 is 0 Å². The van der Waals surface area contributed by atoms with Gasteiger partial charge in [-0.15, -0.1) is 0 Å². The molecule has 2 aromatic rings. The molecule has 0 aliphatic heterocycles. The Morgan fingerprint density at radius 2 is 1.87 bits per heavy atom. The number of aromatic nitrogens is 2. The Labute approximate surface area is 137 Å². The Kier molecular flexibility index (Phi) is 5.21. The van der Waals surface area contributed by atoms with Gasteiger partial charge in [-0.25, -0.2) is 0 Å². The molecule has 0 aliphatic carbocycles. The summed E-state index contributed by atoms with van der Waals surface area (Å²) in [4.78, 5) is 12.4. The van der Waals surface area contributed by atoms with Gasteiger partial charge < -0.3 is 11.1 Å². The lowest BCUT2D eigenvalue weighted by Gasteiger charge is -2.13. The van der Waals surface area contributed by atoms with E-state index < -0.39 is 0 Å². The van der Waals surface area contributed by atoms with E-state index in [9.17, 15) is 4.79 Å². The molecule has 1 aromatic heterocycles. The topological polar surface area (TPSA) is 72.9 Å². The molecule has 0 radical (unpaired) electrons. The molecule has 2 rings (SSSR count). The smallest absolute Gasteiger partial charge is 0.255 e. The number of carbonyl (C=O) groups excluding carboxylic acids is 1. The van der Waals surface area contributed by atoms with E-state index in [0.29, 0.717) is 18.7 Å². The van der Waals surface area contributed by atoms with Crippen LogP contribution in [0, 0.1) is 20.8 Å². The molecule has 0 unspecified atom stereocenters. The molecule has 5 nitrogen and oxygen atoms in total. The lowest BCUT2D eigenvalue weighted by molar-refractivity contribution is 0.0950. The van der Waals surface area contributed by atoms with Gasteiger partial charge in [0.2, 0.25) is 0 Å². The molecule has 23 heavy (non-hydrogen) atoms. The van der Waals surface area contributed by atoms with Crippen LogP contribution in [0.1, 0.15) is 58.2 Å². The largest absolute Gasteiger partial charge is 0.348 e. The second kappa shape index (κ2) is 6.96. The van der Waals surface area contributed by atoms with Crippen molar-refractivity contribution in [3.05, 3.63) is 51.8 Å². The monoisotopic (exact) mass is 314 g/mol. The van der Waals surface area contributed by atoms with Crippen LogP contribution in [0.15, 0.2) is 18.3 Å². The second-order valence-corrected chi connectivity index (χ2v) is 6.30. The number of rotatable bonds is 5.